The van der Waals surface area contributed by atoms with Crippen molar-refractivity contribution in [2.75, 3.05) is 5.32 Å². The van der Waals surface area contributed by atoms with Gasteiger partial charge in [0.05, 0.1) is 23.0 Å². The molecule has 0 aliphatic rings. The molecule has 1 heterocycles. The smallest absolute Gasteiger partial charge is 0.137 e. The topological polar surface area (TPSA) is 40.7 Å². The van der Waals surface area contributed by atoms with E-state index in [1.807, 2.05) is 0 Å². The van der Waals surface area contributed by atoms with Gasteiger partial charge in [-0.3, -0.25) is 0 Å². The van der Waals surface area contributed by atoms with Gasteiger partial charge < -0.3 is 10.3 Å². The molecule has 15 heavy (non-hydrogen) atoms. The number of nitrogens with zero attached hydrogens (tertiary/aromatic N) is 1. The Bertz CT molecular complexity index is 442. The lowest BCUT2D eigenvalue weighted by Gasteiger charge is -2.05. The van der Waals surface area contributed by atoms with Crippen LogP contribution in [0.1, 0.15) is 5.69 Å². The predicted molar refractivity (Wildman–Crippen MR) is 60.0 cm³/mol. The Morgan fingerprint density at radius 3 is 3.00 bits per heavy atom. The third-order valence-corrected chi connectivity index (χ3v) is 2.57. The molecule has 0 fully saturated rings. The molecule has 0 spiro atoms. The van der Waals surface area contributed by atoms with Crippen molar-refractivity contribution in [1.29, 1.82) is 0 Å². The summed E-state index contributed by atoms with van der Waals surface area (Å²) in [6.07, 6.45) is 3.36. The normalized spacial score (nSPS) is 10.3. The molecule has 2 aromatic rings. The molecule has 0 radical (unpaired) electrons. The molecule has 0 amide bonds. The van der Waals surface area contributed by atoms with E-state index >= 15 is 0 Å². The van der Waals surface area contributed by atoms with Gasteiger partial charge in [0.25, 0.3) is 0 Å². The monoisotopic (exact) mass is 269 g/mol. The lowest BCUT2D eigenvalue weighted by molar-refractivity contribution is 0.621. The summed E-state index contributed by atoms with van der Waals surface area (Å²) in [5.41, 5.74) is 1.84. The first-order chi connectivity index (χ1) is 7.25. The van der Waals surface area contributed by atoms with Crippen LogP contribution in [0.5, 0.6) is 0 Å². The number of hydrogen-bond donors (Lipinski definition) is 2. The van der Waals surface area contributed by atoms with Crippen molar-refractivity contribution in [2.45, 2.75) is 6.54 Å². The number of H-pyrrole nitrogens is 1. The van der Waals surface area contributed by atoms with Gasteiger partial charge in [-0.1, -0.05) is 0 Å². The first kappa shape index (κ1) is 10.2. The van der Waals surface area contributed by atoms with Crippen LogP contribution in [-0.4, -0.2) is 9.97 Å². The van der Waals surface area contributed by atoms with Gasteiger partial charge >= 0.3 is 0 Å². The summed E-state index contributed by atoms with van der Waals surface area (Å²) >= 11 is 3.13. The summed E-state index contributed by atoms with van der Waals surface area (Å²) < 4.78 is 13.4. The van der Waals surface area contributed by atoms with Crippen molar-refractivity contribution >= 4 is 21.6 Å². The van der Waals surface area contributed by atoms with E-state index in [-0.39, 0.29) is 5.82 Å². The second-order valence-electron chi connectivity index (χ2n) is 3.06. The number of nitrogens with one attached hydrogen (secondary N) is 2. The van der Waals surface area contributed by atoms with Gasteiger partial charge in [0, 0.05) is 11.9 Å². The summed E-state index contributed by atoms with van der Waals surface area (Å²) in [4.78, 5) is 6.88. The fourth-order valence-corrected chi connectivity index (χ4v) is 1.56. The number of imidazole rings is 1. The average Bonchev–Trinajstić information content (AvgIpc) is 2.73. The second kappa shape index (κ2) is 4.44. The Morgan fingerprint density at radius 1 is 1.47 bits per heavy atom. The highest BCUT2D eigenvalue weighted by Gasteiger charge is 2.00. The number of aromatic nitrogens is 2. The molecular weight excluding hydrogens is 261 g/mol. The summed E-state index contributed by atoms with van der Waals surface area (Å²) in [7, 11) is 0. The lowest BCUT2D eigenvalue weighted by Crippen LogP contribution is -1.99. The summed E-state index contributed by atoms with van der Waals surface area (Å²) in [5.74, 6) is -0.262. The zero-order chi connectivity index (χ0) is 10.7. The highest BCUT2D eigenvalue weighted by molar-refractivity contribution is 9.10. The molecule has 1 aromatic heterocycles. The van der Waals surface area contributed by atoms with Crippen LogP contribution in [0.15, 0.2) is 35.2 Å². The number of hydrogen-bond acceptors (Lipinski definition) is 2. The number of anilines is 1. The lowest BCUT2D eigenvalue weighted by atomic mass is 10.3. The average molecular weight is 270 g/mol. The minimum Gasteiger partial charge on any atom is -0.379 e. The molecular formula is C10H9BrFN3. The third-order valence-electron chi connectivity index (χ3n) is 1.96. The van der Waals surface area contributed by atoms with E-state index in [9.17, 15) is 4.39 Å². The molecule has 3 nitrogen and oxygen atoms in total. The molecule has 5 heteroatoms. The van der Waals surface area contributed by atoms with Crippen molar-refractivity contribution in [3.05, 3.63) is 46.7 Å². The van der Waals surface area contributed by atoms with Gasteiger partial charge in [-0.15, -0.1) is 0 Å². The van der Waals surface area contributed by atoms with E-state index < -0.39 is 0 Å². The number of benzene rings is 1. The molecule has 2 N–H and O–H groups in total. The van der Waals surface area contributed by atoms with E-state index in [1.165, 1.54) is 6.07 Å². The van der Waals surface area contributed by atoms with Crippen LogP contribution < -0.4 is 5.32 Å². The van der Waals surface area contributed by atoms with Crippen LogP contribution in [0.2, 0.25) is 0 Å². The summed E-state index contributed by atoms with van der Waals surface area (Å²) in [6.45, 7) is 0.637. The predicted octanol–water partition coefficient (Wildman–Crippen LogP) is 2.92. The number of halogens is 2. The van der Waals surface area contributed by atoms with Crippen LogP contribution in [0.3, 0.4) is 0 Å². The molecule has 0 aliphatic heterocycles. The molecule has 0 bridgehead atoms. The standard InChI is InChI=1S/C10H9BrFN3/c11-9-3-7(1-2-10(9)12)14-5-8-4-13-6-15-8/h1-4,6,14H,5H2,(H,13,15). The van der Waals surface area contributed by atoms with Crippen molar-refractivity contribution < 1.29 is 4.39 Å². The highest BCUT2D eigenvalue weighted by atomic mass is 79.9. The summed E-state index contributed by atoms with van der Waals surface area (Å²) in [6, 6.07) is 4.81. The summed E-state index contributed by atoms with van der Waals surface area (Å²) in [5, 5.41) is 3.15. The quantitative estimate of drug-likeness (QED) is 0.900. The van der Waals surface area contributed by atoms with E-state index in [1.54, 1.807) is 24.7 Å². The van der Waals surface area contributed by atoms with Crippen LogP contribution in [0.25, 0.3) is 0 Å². The van der Waals surface area contributed by atoms with Crippen LogP contribution in [0.4, 0.5) is 10.1 Å². The molecule has 0 unspecified atom stereocenters. The molecule has 2 rings (SSSR count). The fourth-order valence-electron chi connectivity index (χ4n) is 1.18. The number of aromatic amines is 1. The molecule has 0 saturated carbocycles. The molecule has 0 atom stereocenters. The van der Waals surface area contributed by atoms with E-state index in [0.717, 1.165) is 11.4 Å². The third kappa shape index (κ3) is 2.56. The van der Waals surface area contributed by atoms with Crippen LogP contribution >= 0.6 is 15.9 Å². The SMILES string of the molecule is Fc1ccc(NCc2cnc[nH]2)cc1Br. The zero-order valence-corrected chi connectivity index (χ0v) is 9.38. The highest BCUT2D eigenvalue weighted by Crippen LogP contribution is 2.20. The van der Waals surface area contributed by atoms with E-state index in [0.29, 0.717) is 11.0 Å². The Kier molecular flexibility index (Phi) is 3.01. The van der Waals surface area contributed by atoms with Gasteiger partial charge in [0.2, 0.25) is 0 Å². The minimum atomic E-state index is -0.262. The van der Waals surface area contributed by atoms with Crippen LogP contribution in [0, 0.1) is 5.82 Å². The fraction of sp³-hybridized carbons (Fsp3) is 0.100. The van der Waals surface area contributed by atoms with Gasteiger partial charge in [-0.25, -0.2) is 9.37 Å². The minimum absolute atomic E-state index is 0.262. The van der Waals surface area contributed by atoms with Gasteiger partial charge in [-0.05, 0) is 34.1 Å². The van der Waals surface area contributed by atoms with Crippen molar-refractivity contribution in [1.82, 2.24) is 9.97 Å². The molecule has 0 aliphatic carbocycles. The Balaban J connectivity index is 2.02. The van der Waals surface area contributed by atoms with Crippen LogP contribution in [-0.2, 0) is 6.54 Å². The molecule has 78 valence electrons. The van der Waals surface area contributed by atoms with Gasteiger partial charge in [0.1, 0.15) is 5.82 Å². The first-order valence-corrected chi connectivity index (χ1v) is 5.21. The first-order valence-electron chi connectivity index (χ1n) is 4.42. The Morgan fingerprint density at radius 2 is 2.33 bits per heavy atom. The Labute approximate surface area is 94.9 Å². The van der Waals surface area contributed by atoms with Gasteiger partial charge in [-0.2, -0.15) is 0 Å². The van der Waals surface area contributed by atoms with Crippen molar-refractivity contribution in [2.24, 2.45) is 0 Å². The maximum atomic E-state index is 12.9. The van der Waals surface area contributed by atoms with E-state index in [4.69, 9.17) is 0 Å². The molecule has 0 saturated heterocycles. The number of rotatable bonds is 3. The maximum Gasteiger partial charge on any atom is 0.137 e. The van der Waals surface area contributed by atoms with Crippen molar-refractivity contribution in [3.8, 4) is 0 Å². The maximum absolute atomic E-state index is 12.9. The second-order valence-corrected chi connectivity index (χ2v) is 3.91. The van der Waals surface area contributed by atoms with Gasteiger partial charge in [0.15, 0.2) is 0 Å². The largest absolute Gasteiger partial charge is 0.379 e. The van der Waals surface area contributed by atoms with Crippen molar-refractivity contribution in [3.63, 3.8) is 0 Å². The van der Waals surface area contributed by atoms with E-state index in [2.05, 4.69) is 31.2 Å². The Hall–Kier alpha value is -1.36. The molecule has 1 aromatic carbocycles. The zero-order valence-electron chi connectivity index (χ0n) is 7.80.